The van der Waals surface area contributed by atoms with Gasteiger partial charge in [0.15, 0.2) is 17.5 Å². The molecule has 0 saturated heterocycles. The molecule has 0 aliphatic carbocycles. The summed E-state index contributed by atoms with van der Waals surface area (Å²) in [6, 6.07) is 65.0. The van der Waals surface area contributed by atoms with Crippen LogP contribution < -0.4 is 0 Å². The largest absolute Gasteiger partial charge is 0.307 e. The van der Waals surface area contributed by atoms with E-state index in [1.54, 1.807) is 0 Å². The minimum absolute atomic E-state index is 0.632. The van der Waals surface area contributed by atoms with Crippen molar-refractivity contribution in [2.45, 2.75) is 0 Å². The van der Waals surface area contributed by atoms with Gasteiger partial charge in [-0.1, -0.05) is 146 Å². The number of hydrogen-bond donors (Lipinski definition) is 0. The number of fused-ring (bicyclic) bond motifs is 10. The molecule has 0 N–H and O–H groups in total. The second-order valence-corrected chi connectivity index (χ2v) is 15.5. The van der Waals surface area contributed by atoms with Crippen LogP contribution in [0.25, 0.3) is 114 Å². The summed E-state index contributed by atoms with van der Waals surface area (Å²) >= 11 is 1.83. The van der Waals surface area contributed by atoms with E-state index in [1.807, 2.05) is 29.5 Å². The molecular formula is C51H30N4S. The fourth-order valence-corrected chi connectivity index (χ4v) is 9.80. The van der Waals surface area contributed by atoms with Crippen LogP contribution in [0.5, 0.6) is 0 Å². The third kappa shape index (κ3) is 4.75. The highest BCUT2D eigenvalue weighted by Crippen LogP contribution is 2.46. The molecule has 56 heavy (non-hydrogen) atoms. The Balaban J connectivity index is 1.24. The van der Waals surface area contributed by atoms with Crippen molar-refractivity contribution in [3.63, 3.8) is 0 Å². The summed E-state index contributed by atoms with van der Waals surface area (Å²) in [6.07, 6.45) is 0. The van der Waals surface area contributed by atoms with Crippen molar-refractivity contribution in [1.29, 1.82) is 0 Å². The van der Waals surface area contributed by atoms with Gasteiger partial charge < -0.3 is 4.57 Å². The molecule has 0 aliphatic heterocycles. The van der Waals surface area contributed by atoms with E-state index in [4.69, 9.17) is 15.0 Å². The first-order valence-corrected chi connectivity index (χ1v) is 19.7. The van der Waals surface area contributed by atoms with Gasteiger partial charge in [0.25, 0.3) is 0 Å². The number of benzene rings is 9. The van der Waals surface area contributed by atoms with Crippen molar-refractivity contribution in [2.24, 2.45) is 0 Å². The topological polar surface area (TPSA) is 43.6 Å². The van der Waals surface area contributed by atoms with Crippen LogP contribution >= 0.6 is 11.3 Å². The van der Waals surface area contributed by atoms with Crippen LogP contribution in [0, 0.1) is 0 Å². The molecule has 3 heterocycles. The Labute approximate surface area is 325 Å². The number of rotatable bonds is 4. The lowest BCUT2D eigenvalue weighted by molar-refractivity contribution is 1.07. The molecule has 12 aromatic rings. The van der Waals surface area contributed by atoms with Gasteiger partial charge in [0.2, 0.25) is 0 Å². The predicted octanol–water partition coefficient (Wildman–Crippen LogP) is 13.8. The fourth-order valence-electron chi connectivity index (χ4n) is 8.56. The van der Waals surface area contributed by atoms with Crippen molar-refractivity contribution in [1.82, 2.24) is 19.5 Å². The van der Waals surface area contributed by atoms with E-state index in [2.05, 4.69) is 168 Å². The SMILES string of the molecule is c1ccc(-c2nc(-c3ccc4ccccc4c3)nc(-c3ccc4c(sc5ccccc54)c3-n3c4cc5ccccc5cc4c4c5ccccc5ccc43)n2)cc1. The normalized spacial score (nSPS) is 11.9. The average Bonchev–Trinajstić information content (AvgIpc) is 3.80. The lowest BCUT2D eigenvalue weighted by Crippen LogP contribution is -2.04. The van der Waals surface area contributed by atoms with Gasteiger partial charge in [0.05, 0.1) is 21.4 Å². The first-order valence-electron chi connectivity index (χ1n) is 18.9. The Hall–Kier alpha value is -7.21. The maximum absolute atomic E-state index is 5.37. The Bertz CT molecular complexity index is 3540. The Morgan fingerprint density at radius 1 is 0.375 bits per heavy atom. The van der Waals surface area contributed by atoms with Gasteiger partial charge >= 0.3 is 0 Å². The van der Waals surface area contributed by atoms with Gasteiger partial charge in [-0.2, -0.15) is 0 Å². The second kappa shape index (κ2) is 12.2. The number of thiophene rings is 1. The average molecular weight is 731 g/mol. The van der Waals surface area contributed by atoms with Crippen molar-refractivity contribution >= 4 is 85.6 Å². The van der Waals surface area contributed by atoms with Crippen molar-refractivity contribution in [3.8, 4) is 39.9 Å². The molecule has 0 amide bonds. The van der Waals surface area contributed by atoms with E-state index in [1.165, 1.54) is 57.9 Å². The van der Waals surface area contributed by atoms with Crippen molar-refractivity contribution in [2.75, 3.05) is 0 Å². The van der Waals surface area contributed by atoms with Crippen molar-refractivity contribution in [3.05, 3.63) is 182 Å². The molecule has 9 aromatic carbocycles. The molecular weight excluding hydrogens is 701 g/mol. The molecule has 3 aromatic heterocycles. The summed E-state index contributed by atoms with van der Waals surface area (Å²) in [7, 11) is 0. The van der Waals surface area contributed by atoms with Crippen LogP contribution in [0.1, 0.15) is 0 Å². The monoisotopic (exact) mass is 730 g/mol. The molecule has 0 atom stereocenters. The van der Waals surface area contributed by atoms with Crippen LogP contribution in [-0.4, -0.2) is 19.5 Å². The molecule has 0 saturated carbocycles. The smallest absolute Gasteiger partial charge is 0.166 e. The van der Waals surface area contributed by atoms with E-state index in [-0.39, 0.29) is 0 Å². The molecule has 12 rings (SSSR count). The minimum atomic E-state index is 0.632. The zero-order chi connectivity index (χ0) is 36.7. The Morgan fingerprint density at radius 3 is 1.82 bits per heavy atom. The lowest BCUT2D eigenvalue weighted by Gasteiger charge is -2.16. The minimum Gasteiger partial charge on any atom is -0.307 e. The summed E-state index contributed by atoms with van der Waals surface area (Å²) in [5.41, 5.74) is 6.21. The van der Waals surface area contributed by atoms with E-state index in [0.29, 0.717) is 17.5 Å². The maximum Gasteiger partial charge on any atom is 0.166 e. The van der Waals surface area contributed by atoms with Gasteiger partial charge in [-0.05, 0) is 68.7 Å². The molecule has 0 fully saturated rings. The van der Waals surface area contributed by atoms with Crippen LogP contribution in [0.3, 0.4) is 0 Å². The first-order chi connectivity index (χ1) is 27.7. The van der Waals surface area contributed by atoms with Crippen molar-refractivity contribution < 1.29 is 0 Å². The van der Waals surface area contributed by atoms with E-state index >= 15 is 0 Å². The standard InChI is InChI=1S/C51H30N4S/c1-2-14-33(15-3-1)49-52-50(37-23-22-31-12-4-5-16-34(31)28-37)54-51(53-49)41-26-25-40-39-20-10-11-21-45(39)56-48(40)47(41)55-43-27-24-32-13-8-9-19-38(32)46(43)42-29-35-17-6-7-18-36(35)30-44(42)55/h1-30H. The summed E-state index contributed by atoms with van der Waals surface area (Å²) in [5, 5.41) is 12.1. The van der Waals surface area contributed by atoms with Crippen LogP contribution in [0.2, 0.25) is 0 Å². The fraction of sp³-hybridized carbons (Fsp3) is 0. The van der Waals surface area contributed by atoms with Crippen LogP contribution in [-0.2, 0) is 0 Å². The molecule has 0 bridgehead atoms. The summed E-state index contributed by atoms with van der Waals surface area (Å²) < 4.78 is 4.92. The van der Waals surface area contributed by atoms with Gasteiger partial charge in [0.1, 0.15) is 0 Å². The third-order valence-electron chi connectivity index (χ3n) is 11.2. The van der Waals surface area contributed by atoms with E-state index in [9.17, 15) is 0 Å². The molecule has 0 radical (unpaired) electrons. The number of aromatic nitrogens is 4. The zero-order valence-corrected chi connectivity index (χ0v) is 30.8. The van der Waals surface area contributed by atoms with Gasteiger partial charge in [-0.15, -0.1) is 11.3 Å². The quantitative estimate of drug-likeness (QED) is 0.181. The lowest BCUT2D eigenvalue weighted by atomic mass is 10.0. The summed E-state index contributed by atoms with van der Waals surface area (Å²) in [6.45, 7) is 0. The predicted molar refractivity (Wildman–Crippen MR) is 236 cm³/mol. The summed E-state index contributed by atoms with van der Waals surface area (Å²) in [4.78, 5) is 15.8. The van der Waals surface area contributed by atoms with Gasteiger partial charge in [-0.25, -0.2) is 15.0 Å². The molecule has 5 heteroatoms. The third-order valence-corrected chi connectivity index (χ3v) is 12.4. The van der Waals surface area contributed by atoms with Crippen LogP contribution in [0.15, 0.2) is 182 Å². The molecule has 4 nitrogen and oxygen atoms in total. The maximum atomic E-state index is 5.37. The number of nitrogens with zero attached hydrogens (tertiary/aromatic N) is 4. The zero-order valence-electron chi connectivity index (χ0n) is 30.0. The van der Waals surface area contributed by atoms with E-state index in [0.717, 1.165) is 38.8 Å². The molecule has 0 unspecified atom stereocenters. The summed E-state index contributed by atoms with van der Waals surface area (Å²) in [5.74, 6) is 1.91. The molecule has 0 spiro atoms. The second-order valence-electron chi connectivity index (χ2n) is 14.4. The number of hydrogen-bond acceptors (Lipinski definition) is 4. The molecule has 260 valence electrons. The van der Waals surface area contributed by atoms with Gasteiger partial charge in [0, 0.05) is 42.9 Å². The first kappa shape index (κ1) is 31.2. The highest BCUT2D eigenvalue weighted by Gasteiger charge is 2.24. The highest BCUT2D eigenvalue weighted by atomic mass is 32.1. The highest BCUT2D eigenvalue weighted by molar-refractivity contribution is 7.26. The Kier molecular flexibility index (Phi) is 6.76. The molecule has 0 aliphatic rings. The van der Waals surface area contributed by atoms with E-state index < -0.39 is 0 Å². The van der Waals surface area contributed by atoms with Gasteiger partial charge in [-0.3, -0.25) is 0 Å². The Morgan fingerprint density at radius 2 is 1.00 bits per heavy atom. The van der Waals surface area contributed by atoms with Crippen LogP contribution in [0.4, 0.5) is 0 Å².